The third-order valence-electron chi connectivity index (χ3n) is 5.55. The first-order valence-electron chi connectivity index (χ1n) is 10.6. The van der Waals surface area contributed by atoms with Crippen LogP contribution in [0.25, 0.3) is 10.8 Å². The highest BCUT2D eigenvalue weighted by Crippen LogP contribution is 2.33. The van der Waals surface area contributed by atoms with Crippen LogP contribution in [-0.2, 0) is 9.59 Å². The van der Waals surface area contributed by atoms with E-state index in [1.165, 1.54) is 11.8 Å². The van der Waals surface area contributed by atoms with Crippen molar-refractivity contribution < 1.29 is 19.1 Å². The smallest absolute Gasteiger partial charge is 0.409 e. The minimum Gasteiger partial charge on any atom is -0.409 e. The molecule has 0 unspecified atom stereocenters. The first kappa shape index (κ1) is 23.0. The van der Waals surface area contributed by atoms with Crippen LogP contribution in [0.2, 0.25) is 5.02 Å². The molecule has 3 rings (SSSR count). The topological polar surface area (TPSA) is 92.9 Å². The molecular weight excluding hydrogens is 418 g/mol. The molecular formula is C23H28ClN3O4. The van der Waals surface area contributed by atoms with Crippen molar-refractivity contribution in [3.05, 3.63) is 41.4 Å². The molecule has 0 saturated carbocycles. The van der Waals surface area contributed by atoms with Gasteiger partial charge in [0.1, 0.15) is 6.04 Å². The molecule has 1 aliphatic rings. The van der Waals surface area contributed by atoms with Gasteiger partial charge in [0, 0.05) is 24.9 Å². The highest BCUT2D eigenvalue weighted by molar-refractivity contribution is 6.37. The summed E-state index contributed by atoms with van der Waals surface area (Å²) in [7, 11) is 0. The van der Waals surface area contributed by atoms with Crippen LogP contribution in [-0.4, -0.2) is 59.8 Å². The summed E-state index contributed by atoms with van der Waals surface area (Å²) < 4.78 is 5.54. The molecule has 2 aromatic carbocycles. The van der Waals surface area contributed by atoms with Crippen molar-refractivity contribution in [1.82, 2.24) is 9.80 Å². The molecule has 1 heterocycles. The summed E-state index contributed by atoms with van der Waals surface area (Å²) in [6.45, 7) is 2.73. The van der Waals surface area contributed by atoms with E-state index in [0.29, 0.717) is 31.1 Å². The highest BCUT2D eigenvalue weighted by atomic mass is 35.5. The summed E-state index contributed by atoms with van der Waals surface area (Å²) in [5, 5.41) is 2.10. The maximum Gasteiger partial charge on any atom is 0.415 e. The van der Waals surface area contributed by atoms with Gasteiger partial charge in [-0.3, -0.25) is 9.59 Å². The van der Waals surface area contributed by atoms with Gasteiger partial charge < -0.3 is 20.3 Å². The number of benzene rings is 2. The molecule has 7 nitrogen and oxygen atoms in total. The van der Waals surface area contributed by atoms with Crippen LogP contribution in [0, 0.1) is 0 Å². The van der Waals surface area contributed by atoms with Crippen molar-refractivity contribution in [3.63, 3.8) is 0 Å². The van der Waals surface area contributed by atoms with Gasteiger partial charge in [0.25, 0.3) is 0 Å². The summed E-state index contributed by atoms with van der Waals surface area (Å²) >= 11 is 6.43. The fraction of sp³-hybridized carbons (Fsp3) is 0.435. The average Bonchev–Trinajstić information content (AvgIpc) is 2.78. The lowest BCUT2D eigenvalue weighted by atomic mass is 10.1. The maximum absolute atomic E-state index is 12.8. The van der Waals surface area contributed by atoms with Crippen LogP contribution in [0.5, 0.6) is 5.75 Å². The predicted molar refractivity (Wildman–Crippen MR) is 120 cm³/mol. The number of nitrogens with zero attached hydrogens (tertiary/aromatic N) is 2. The number of ketones is 1. The second kappa shape index (κ2) is 10.6. The Bertz CT molecular complexity index is 965. The number of carbonyl (C=O) groups excluding carboxylic acids is 3. The van der Waals surface area contributed by atoms with Gasteiger partial charge in [-0.1, -0.05) is 48.4 Å². The predicted octanol–water partition coefficient (Wildman–Crippen LogP) is 3.61. The molecule has 2 N–H and O–H groups in total. The minimum absolute atomic E-state index is 0.0668. The molecule has 2 amide bonds. The number of carbonyl (C=O) groups is 3. The maximum atomic E-state index is 12.8. The normalized spacial score (nSPS) is 16.4. The summed E-state index contributed by atoms with van der Waals surface area (Å²) in [4.78, 5) is 40.6. The van der Waals surface area contributed by atoms with E-state index in [1.807, 2.05) is 30.3 Å². The number of ether oxygens (including phenoxy) is 1. The van der Waals surface area contributed by atoms with Crippen molar-refractivity contribution >= 4 is 40.2 Å². The van der Waals surface area contributed by atoms with Crippen molar-refractivity contribution in [3.8, 4) is 5.75 Å². The molecule has 0 spiro atoms. The number of unbranched alkanes of at least 4 members (excludes halogenated alkanes) is 2. The van der Waals surface area contributed by atoms with E-state index in [4.69, 9.17) is 22.1 Å². The van der Waals surface area contributed by atoms with Crippen molar-refractivity contribution in [2.24, 2.45) is 5.73 Å². The summed E-state index contributed by atoms with van der Waals surface area (Å²) in [6.07, 6.45) is 2.29. The molecule has 8 heteroatoms. The van der Waals surface area contributed by atoms with Crippen LogP contribution >= 0.6 is 11.6 Å². The van der Waals surface area contributed by atoms with Gasteiger partial charge in [0.05, 0.1) is 11.6 Å². The fourth-order valence-corrected chi connectivity index (χ4v) is 4.06. The van der Waals surface area contributed by atoms with Gasteiger partial charge in [0.2, 0.25) is 5.91 Å². The van der Waals surface area contributed by atoms with Crippen LogP contribution in [0.3, 0.4) is 0 Å². The molecule has 1 aliphatic heterocycles. The SMILES string of the molecule is CC(=O)[C@@H]1CN(C(=O)Oc2ccc3ccccc3c2Cl)CCN1C(=O)CCCCCN. The summed E-state index contributed by atoms with van der Waals surface area (Å²) in [5.41, 5.74) is 5.49. The number of Topliss-reactive ketones (excluding diaryl/α,β-unsaturated/α-hetero) is 1. The Kier molecular flexibility index (Phi) is 7.87. The van der Waals surface area contributed by atoms with E-state index in [9.17, 15) is 14.4 Å². The lowest BCUT2D eigenvalue weighted by Crippen LogP contribution is -2.59. The van der Waals surface area contributed by atoms with Gasteiger partial charge in [0.15, 0.2) is 11.5 Å². The Hall–Kier alpha value is -2.64. The molecule has 1 atom stereocenters. The standard InChI is InChI=1S/C23H28ClN3O4/c1-16(28)19-15-26(13-14-27(19)21(29)9-3-2-6-12-25)23(30)31-20-11-10-17-7-4-5-8-18(17)22(20)24/h4-5,7-8,10-11,19H,2-3,6,9,12-15,25H2,1H3/t19-/m0/s1. The number of nitrogens with two attached hydrogens (primary N) is 1. The Balaban J connectivity index is 1.65. The number of hydrogen-bond donors (Lipinski definition) is 1. The highest BCUT2D eigenvalue weighted by Gasteiger charge is 2.35. The van der Waals surface area contributed by atoms with Crippen molar-refractivity contribution in [1.29, 1.82) is 0 Å². The first-order valence-corrected chi connectivity index (χ1v) is 10.9. The van der Waals surface area contributed by atoms with Gasteiger partial charge in [-0.25, -0.2) is 4.79 Å². The summed E-state index contributed by atoms with van der Waals surface area (Å²) in [5.74, 6) is 0.0440. The second-order valence-electron chi connectivity index (χ2n) is 7.73. The summed E-state index contributed by atoms with van der Waals surface area (Å²) in [6, 6.07) is 10.4. The molecule has 2 aromatic rings. The van der Waals surface area contributed by atoms with Crippen molar-refractivity contribution in [2.75, 3.05) is 26.2 Å². The molecule has 166 valence electrons. The van der Waals surface area contributed by atoms with Crippen LogP contribution in [0.1, 0.15) is 32.6 Å². The molecule has 0 aliphatic carbocycles. The monoisotopic (exact) mass is 445 g/mol. The van der Waals surface area contributed by atoms with Crippen molar-refractivity contribution in [2.45, 2.75) is 38.6 Å². The Morgan fingerprint density at radius 3 is 2.61 bits per heavy atom. The van der Waals surface area contributed by atoms with Crippen LogP contribution in [0.4, 0.5) is 4.79 Å². The van der Waals surface area contributed by atoms with Gasteiger partial charge in [-0.15, -0.1) is 0 Å². The zero-order chi connectivity index (χ0) is 22.4. The van der Waals surface area contributed by atoms with E-state index < -0.39 is 12.1 Å². The molecule has 31 heavy (non-hydrogen) atoms. The van der Waals surface area contributed by atoms with Crippen LogP contribution < -0.4 is 10.5 Å². The third-order valence-corrected chi connectivity index (χ3v) is 5.94. The zero-order valence-corrected chi connectivity index (χ0v) is 18.4. The third kappa shape index (κ3) is 5.54. The number of hydrogen-bond acceptors (Lipinski definition) is 5. The molecule has 1 saturated heterocycles. The van der Waals surface area contributed by atoms with E-state index >= 15 is 0 Å². The first-order chi connectivity index (χ1) is 14.9. The minimum atomic E-state index is -0.671. The lowest BCUT2D eigenvalue weighted by molar-refractivity contribution is -0.141. The Morgan fingerprint density at radius 2 is 1.87 bits per heavy atom. The number of rotatable bonds is 7. The molecule has 0 bridgehead atoms. The van der Waals surface area contributed by atoms with E-state index in [-0.39, 0.29) is 24.0 Å². The number of halogens is 1. The molecule has 1 fully saturated rings. The Labute approximate surface area is 187 Å². The number of amides is 2. The molecule has 0 radical (unpaired) electrons. The average molecular weight is 446 g/mol. The largest absolute Gasteiger partial charge is 0.415 e. The fourth-order valence-electron chi connectivity index (χ4n) is 3.79. The molecule has 0 aromatic heterocycles. The number of piperazine rings is 1. The van der Waals surface area contributed by atoms with E-state index in [2.05, 4.69) is 0 Å². The van der Waals surface area contributed by atoms with E-state index in [0.717, 1.165) is 30.0 Å². The quantitative estimate of drug-likeness (QED) is 0.657. The second-order valence-corrected chi connectivity index (χ2v) is 8.10. The van der Waals surface area contributed by atoms with Gasteiger partial charge in [-0.05, 0) is 37.8 Å². The van der Waals surface area contributed by atoms with E-state index in [1.54, 1.807) is 11.0 Å². The zero-order valence-electron chi connectivity index (χ0n) is 17.7. The van der Waals surface area contributed by atoms with Gasteiger partial charge in [-0.2, -0.15) is 0 Å². The number of fused-ring (bicyclic) bond motifs is 1. The van der Waals surface area contributed by atoms with Gasteiger partial charge >= 0.3 is 6.09 Å². The lowest BCUT2D eigenvalue weighted by Gasteiger charge is -2.39. The Morgan fingerprint density at radius 1 is 1.10 bits per heavy atom. The van der Waals surface area contributed by atoms with Crippen LogP contribution in [0.15, 0.2) is 36.4 Å².